The number of methoxy groups -OCH3 is 3. The minimum Gasteiger partial charge on any atom is -0.504 e. The lowest BCUT2D eigenvalue weighted by Gasteiger charge is -2.25. The summed E-state index contributed by atoms with van der Waals surface area (Å²) < 4.78 is 21.1. The van der Waals surface area contributed by atoms with Gasteiger partial charge >= 0.3 is 5.97 Å². The number of ether oxygens (including phenoxy) is 4. The summed E-state index contributed by atoms with van der Waals surface area (Å²) in [4.78, 5) is 12.8. The number of phenols is 3. The normalized spacial score (nSPS) is 18.2. The number of benzene rings is 3. The SMILES string of the molecule is COc1cc(C[C@H]2COC(=O)[C@@H]2Cc2cc(OC)c(O)c([C@@H](CO)[C@H](O)c3ccc(O)c(OC)c3)c2)ccc1O. The second-order valence-electron chi connectivity index (χ2n) is 9.81. The van der Waals surface area contributed by atoms with Crippen molar-refractivity contribution in [2.75, 3.05) is 34.5 Å². The molecule has 4 rings (SSSR count). The standard InChI is InChI=1S/C30H34O10/c1-37-25-11-16(4-6-23(25)32)8-19-15-40-30(36)20(19)9-17-10-21(29(35)27(12-17)39-3)22(14-31)28(34)18-5-7-24(33)26(13-18)38-2/h4-7,10-13,19-20,22,28,31-35H,8-9,14-15H2,1-3H3/t19-,20+,22+,28+/m0/s1. The van der Waals surface area contributed by atoms with Crippen LogP contribution < -0.4 is 14.2 Å². The van der Waals surface area contributed by atoms with Crippen LogP contribution in [-0.2, 0) is 22.4 Å². The molecule has 0 spiro atoms. The molecule has 4 atom stereocenters. The van der Waals surface area contributed by atoms with Crippen LogP contribution in [0, 0.1) is 11.8 Å². The quantitative estimate of drug-likeness (QED) is 0.223. The van der Waals surface area contributed by atoms with Crippen LogP contribution in [0.2, 0.25) is 0 Å². The minimum atomic E-state index is -1.26. The van der Waals surface area contributed by atoms with E-state index in [1.807, 2.05) is 0 Å². The van der Waals surface area contributed by atoms with Crippen LogP contribution in [0.15, 0.2) is 48.5 Å². The van der Waals surface area contributed by atoms with E-state index in [0.29, 0.717) is 23.3 Å². The maximum Gasteiger partial charge on any atom is 0.309 e. The van der Waals surface area contributed by atoms with Gasteiger partial charge in [-0.25, -0.2) is 0 Å². The number of rotatable bonds is 11. The van der Waals surface area contributed by atoms with Gasteiger partial charge in [0.05, 0.1) is 46.6 Å². The van der Waals surface area contributed by atoms with Gasteiger partial charge in [0.25, 0.3) is 0 Å². The van der Waals surface area contributed by atoms with Crippen LogP contribution in [0.5, 0.6) is 34.5 Å². The van der Waals surface area contributed by atoms with Crippen molar-refractivity contribution >= 4 is 5.97 Å². The number of aromatic hydroxyl groups is 3. The second-order valence-corrected chi connectivity index (χ2v) is 9.81. The fraction of sp³-hybridized carbons (Fsp3) is 0.367. The molecule has 0 aromatic heterocycles. The van der Waals surface area contributed by atoms with Gasteiger partial charge in [-0.05, 0) is 59.9 Å². The Morgan fingerprint density at radius 2 is 1.48 bits per heavy atom. The van der Waals surface area contributed by atoms with Crippen molar-refractivity contribution in [2.45, 2.75) is 24.9 Å². The third kappa shape index (κ3) is 5.88. The van der Waals surface area contributed by atoms with Crippen molar-refractivity contribution in [1.29, 1.82) is 0 Å². The zero-order valence-corrected chi connectivity index (χ0v) is 22.5. The summed E-state index contributed by atoms with van der Waals surface area (Å²) in [6.45, 7) is -0.281. The molecule has 0 amide bonds. The Bertz CT molecular complexity index is 1350. The Morgan fingerprint density at radius 1 is 0.850 bits per heavy atom. The van der Waals surface area contributed by atoms with Crippen LogP contribution >= 0.6 is 0 Å². The molecule has 3 aromatic carbocycles. The predicted octanol–water partition coefficient (Wildman–Crippen LogP) is 3.21. The van der Waals surface area contributed by atoms with Gasteiger partial charge in [-0.3, -0.25) is 4.79 Å². The highest BCUT2D eigenvalue weighted by Gasteiger charge is 2.37. The fourth-order valence-corrected chi connectivity index (χ4v) is 5.19. The molecule has 1 heterocycles. The largest absolute Gasteiger partial charge is 0.504 e. The topological polar surface area (TPSA) is 155 Å². The molecule has 10 nitrogen and oxygen atoms in total. The molecule has 1 aliphatic heterocycles. The summed E-state index contributed by atoms with van der Waals surface area (Å²) in [7, 11) is 4.24. The van der Waals surface area contributed by atoms with Gasteiger partial charge in [-0.15, -0.1) is 0 Å². The molecule has 1 saturated heterocycles. The molecule has 3 aromatic rings. The lowest BCUT2D eigenvalue weighted by atomic mass is 9.83. The number of hydrogen-bond acceptors (Lipinski definition) is 10. The maximum absolute atomic E-state index is 12.8. The molecule has 0 saturated carbocycles. The fourth-order valence-electron chi connectivity index (χ4n) is 5.19. The van der Waals surface area contributed by atoms with E-state index in [2.05, 4.69) is 0 Å². The first-order valence-electron chi connectivity index (χ1n) is 12.8. The lowest BCUT2D eigenvalue weighted by molar-refractivity contribution is -0.141. The molecule has 0 radical (unpaired) electrons. The second kappa shape index (κ2) is 12.4. The molecule has 1 aliphatic rings. The maximum atomic E-state index is 12.8. The molecule has 214 valence electrons. The number of cyclic esters (lactones) is 1. The number of aliphatic hydroxyl groups is 2. The highest BCUT2D eigenvalue weighted by Crippen LogP contribution is 2.43. The van der Waals surface area contributed by atoms with Gasteiger partial charge < -0.3 is 44.5 Å². The monoisotopic (exact) mass is 554 g/mol. The average molecular weight is 555 g/mol. The number of aliphatic hydroxyl groups excluding tert-OH is 2. The molecule has 40 heavy (non-hydrogen) atoms. The molecule has 0 bridgehead atoms. The third-order valence-electron chi connectivity index (χ3n) is 7.42. The summed E-state index contributed by atoms with van der Waals surface area (Å²) in [6, 6.07) is 12.6. The van der Waals surface area contributed by atoms with Gasteiger partial charge in [-0.1, -0.05) is 18.2 Å². The predicted molar refractivity (Wildman–Crippen MR) is 144 cm³/mol. The smallest absolute Gasteiger partial charge is 0.309 e. The molecule has 0 aliphatic carbocycles. The van der Waals surface area contributed by atoms with Crippen LogP contribution in [0.1, 0.15) is 34.3 Å². The number of hydrogen-bond donors (Lipinski definition) is 5. The van der Waals surface area contributed by atoms with Crippen LogP contribution in [0.3, 0.4) is 0 Å². The van der Waals surface area contributed by atoms with Crippen molar-refractivity contribution < 1.29 is 49.3 Å². The first-order chi connectivity index (χ1) is 19.2. The van der Waals surface area contributed by atoms with Crippen LogP contribution in [0.4, 0.5) is 0 Å². The zero-order chi connectivity index (χ0) is 29.0. The van der Waals surface area contributed by atoms with Gasteiger partial charge in [0.15, 0.2) is 34.5 Å². The number of esters is 1. The van der Waals surface area contributed by atoms with Crippen molar-refractivity contribution in [2.24, 2.45) is 11.8 Å². The molecular formula is C30H34O10. The van der Waals surface area contributed by atoms with E-state index in [9.17, 15) is 30.3 Å². The van der Waals surface area contributed by atoms with Crippen molar-refractivity contribution in [3.63, 3.8) is 0 Å². The minimum absolute atomic E-state index is 0.0247. The van der Waals surface area contributed by atoms with Crippen LogP contribution in [0.25, 0.3) is 0 Å². The highest BCUT2D eigenvalue weighted by atomic mass is 16.5. The Hall–Kier alpha value is -4.15. The Balaban J connectivity index is 1.63. The van der Waals surface area contributed by atoms with Gasteiger partial charge in [-0.2, -0.15) is 0 Å². The third-order valence-corrected chi connectivity index (χ3v) is 7.42. The first kappa shape index (κ1) is 28.8. The summed E-state index contributed by atoms with van der Waals surface area (Å²) >= 11 is 0. The first-order valence-corrected chi connectivity index (χ1v) is 12.8. The summed E-state index contributed by atoms with van der Waals surface area (Å²) in [5.74, 6) is -1.66. The van der Waals surface area contributed by atoms with Gasteiger partial charge in [0.1, 0.15) is 0 Å². The average Bonchev–Trinajstić information content (AvgIpc) is 3.29. The van der Waals surface area contributed by atoms with Crippen molar-refractivity contribution in [3.05, 3.63) is 70.8 Å². The van der Waals surface area contributed by atoms with Gasteiger partial charge in [0, 0.05) is 17.4 Å². The summed E-state index contributed by atoms with van der Waals surface area (Å²) in [6.07, 6.45) is -0.488. The van der Waals surface area contributed by atoms with E-state index in [0.717, 1.165) is 5.56 Å². The molecule has 1 fully saturated rings. The van der Waals surface area contributed by atoms with E-state index in [1.54, 1.807) is 30.3 Å². The van der Waals surface area contributed by atoms with E-state index < -0.39 is 24.5 Å². The van der Waals surface area contributed by atoms with E-state index in [-0.39, 0.29) is 59.2 Å². The molecule has 0 unspecified atom stereocenters. The van der Waals surface area contributed by atoms with Crippen LogP contribution in [-0.4, -0.2) is 66.0 Å². The zero-order valence-electron chi connectivity index (χ0n) is 22.5. The highest BCUT2D eigenvalue weighted by molar-refractivity contribution is 5.75. The molecule has 5 N–H and O–H groups in total. The molecular weight excluding hydrogens is 520 g/mol. The summed E-state index contributed by atoms with van der Waals surface area (Å²) in [5.41, 5.74) is 2.12. The number of carbonyl (C=O) groups is 1. The Labute approximate surface area is 232 Å². The van der Waals surface area contributed by atoms with E-state index in [4.69, 9.17) is 18.9 Å². The Morgan fingerprint density at radius 3 is 2.12 bits per heavy atom. The van der Waals surface area contributed by atoms with E-state index in [1.165, 1.54) is 39.5 Å². The van der Waals surface area contributed by atoms with Crippen molar-refractivity contribution in [3.8, 4) is 34.5 Å². The summed E-state index contributed by atoms with van der Waals surface area (Å²) in [5, 5.41) is 52.2. The van der Waals surface area contributed by atoms with E-state index >= 15 is 0 Å². The van der Waals surface area contributed by atoms with Crippen molar-refractivity contribution in [1.82, 2.24) is 0 Å². The van der Waals surface area contributed by atoms with Gasteiger partial charge in [0.2, 0.25) is 0 Å². The molecule has 10 heteroatoms. The lowest BCUT2D eigenvalue weighted by Crippen LogP contribution is -2.21. The number of phenolic OH excluding ortho intramolecular Hbond substituents is 3. The number of carbonyl (C=O) groups excluding carboxylic acids is 1. The Kier molecular flexibility index (Phi) is 8.91.